The van der Waals surface area contributed by atoms with E-state index in [-0.39, 0.29) is 5.91 Å². The molecular weight excluding hydrogens is 366 g/mol. The molecule has 3 aromatic rings. The maximum atomic E-state index is 12.8. The van der Waals surface area contributed by atoms with Crippen LogP contribution in [0.2, 0.25) is 0 Å². The third kappa shape index (κ3) is 4.17. The Bertz CT molecular complexity index is 998. The van der Waals surface area contributed by atoms with Crippen molar-refractivity contribution in [3.05, 3.63) is 71.4 Å². The molecule has 2 aromatic carbocycles. The van der Waals surface area contributed by atoms with Crippen molar-refractivity contribution < 1.29 is 14.3 Å². The molecule has 1 aromatic heterocycles. The second-order valence-electron chi connectivity index (χ2n) is 7.17. The molecule has 1 aliphatic carbocycles. The summed E-state index contributed by atoms with van der Waals surface area (Å²) in [5.74, 6) is 1.34. The molecule has 6 heteroatoms. The first-order valence-electron chi connectivity index (χ1n) is 9.87. The van der Waals surface area contributed by atoms with E-state index in [4.69, 9.17) is 14.6 Å². The number of carbonyl (C=O) groups excluding carboxylic acids is 1. The highest BCUT2D eigenvalue weighted by Gasteiger charge is 2.25. The number of benzene rings is 2. The van der Waals surface area contributed by atoms with Crippen molar-refractivity contribution in [3.63, 3.8) is 0 Å². The number of para-hydroxylation sites is 1. The summed E-state index contributed by atoms with van der Waals surface area (Å²) >= 11 is 0. The normalized spacial score (nSPS) is 13.7. The zero-order chi connectivity index (χ0) is 20.2. The molecule has 1 aliphatic rings. The van der Waals surface area contributed by atoms with Gasteiger partial charge in [0.15, 0.2) is 0 Å². The van der Waals surface area contributed by atoms with Gasteiger partial charge < -0.3 is 14.8 Å². The van der Waals surface area contributed by atoms with Crippen molar-refractivity contribution in [1.82, 2.24) is 9.78 Å². The summed E-state index contributed by atoms with van der Waals surface area (Å²) < 4.78 is 12.9. The van der Waals surface area contributed by atoms with Gasteiger partial charge in [0.25, 0.3) is 5.91 Å². The lowest BCUT2D eigenvalue weighted by Gasteiger charge is -2.16. The zero-order valence-electron chi connectivity index (χ0n) is 16.7. The Hall–Kier alpha value is -3.12. The minimum absolute atomic E-state index is 0.181. The van der Waals surface area contributed by atoms with Gasteiger partial charge in [0.1, 0.15) is 17.7 Å². The fourth-order valence-corrected chi connectivity index (χ4v) is 3.55. The summed E-state index contributed by atoms with van der Waals surface area (Å²) in [4.78, 5) is 12.8. The van der Waals surface area contributed by atoms with Crippen molar-refractivity contribution >= 4 is 11.7 Å². The maximum absolute atomic E-state index is 12.8. The number of nitrogens with one attached hydrogen (secondary N) is 1. The molecule has 0 saturated heterocycles. The fraction of sp³-hybridized carbons (Fsp3) is 0.304. The molecule has 1 unspecified atom stereocenters. The molecule has 1 heterocycles. The molecule has 1 atom stereocenters. The highest BCUT2D eigenvalue weighted by atomic mass is 16.5. The second-order valence-corrected chi connectivity index (χ2v) is 7.17. The van der Waals surface area contributed by atoms with E-state index in [0.29, 0.717) is 6.61 Å². The van der Waals surface area contributed by atoms with Crippen LogP contribution >= 0.6 is 0 Å². The van der Waals surface area contributed by atoms with Crippen LogP contribution in [0.1, 0.15) is 30.2 Å². The largest absolute Gasteiger partial charge is 0.497 e. The van der Waals surface area contributed by atoms with E-state index in [1.54, 1.807) is 14.0 Å². The number of hydrogen-bond donors (Lipinski definition) is 1. The van der Waals surface area contributed by atoms with E-state index in [2.05, 4.69) is 5.32 Å². The molecule has 0 spiro atoms. The minimum atomic E-state index is -0.600. The van der Waals surface area contributed by atoms with Gasteiger partial charge in [-0.15, -0.1) is 0 Å². The van der Waals surface area contributed by atoms with Crippen LogP contribution in [0, 0.1) is 0 Å². The predicted molar refractivity (Wildman–Crippen MR) is 111 cm³/mol. The van der Waals surface area contributed by atoms with E-state index in [0.717, 1.165) is 53.3 Å². The molecule has 29 heavy (non-hydrogen) atoms. The Labute approximate surface area is 170 Å². The highest BCUT2D eigenvalue weighted by molar-refractivity contribution is 5.94. The quantitative estimate of drug-likeness (QED) is 0.663. The second kappa shape index (κ2) is 8.49. The smallest absolute Gasteiger partial charge is 0.254 e. The van der Waals surface area contributed by atoms with Crippen molar-refractivity contribution in [3.8, 4) is 11.4 Å². The van der Waals surface area contributed by atoms with E-state index >= 15 is 0 Å². The molecule has 1 N–H and O–H groups in total. The van der Waals surface area contributed by atoms with Crippen molar-refractivity contribution in [2.45, 2.75) is 38.9 Å². The Morgan fingerprint density at radius 1 is 1.17 bits per heavy atom. The van der Waals surface area contributed by atoms with Gasteiger partial charge in [0, 0.05) is 5.56 Å². The van der Waals surface area contributed by atoms with Gasteiger partial charge in [-0.25, -0.2) is 4.68 Å². The van der Waals surface area contributed by atoms with Crippen LogP contribution in [0.15, 0.2) is 54.6 Å². The summed E-state index contributed by atoms with van der Waals surface area (Å²) in [6.07, 6.45) is 2.34. The van der Waals surface area contributed by atoms with E-state index in [1.165, 1.54) is 0 Å². The monoisotopic (exact) mass is 391 g/mol. The van der Waals surface area contributed by atoms with Crippen molar-refractivity contribution in [2.75, 3.05) is 12.4 Å². The fourth-order valence-electron chi connectivity index (χ4n) is 3.55. The Balaban J connectivity index is 1.48. The Morgan fingerprint density at radius 2 is 2.00 bits per heavy atom. The van der Waals surface area contributed by atoms with Crippen molar-refractivity contribution in [2.24, 2.45) is 0 Å². The van der Waals surface area contributed by atoms with E-state index in [1.807, 2.05) is 59.3 Å². The number of ether oxygens (including phenoxy) is 2. The van der Waals surface area contributed by atoms with Crippen LogP contribution in [0.25, 0.3) is 5.69 Å². The summed E-state index contributed by atoms with van der Waals surface area (Å²) in [6.45, 7) is 2.10. The van der Waals surface area contributed by atoms with Crippen LogP contribution in [0.5, 0.6) is 5.75 Å². The number of nitrogens with zero attached hydrogens (tertiary/aromatic N) is 2. The average Bonchev–Trinajstić information content (AvgIpc) is 3.35. The lowest BCUT2D eigenvalue weighted by molar-refractivity contribution is -0.127. The topological polar surface area (TPSA) is 65.4 Å². The number of anilines is 1. The molecule has 1 amide bonds. The van der Waals surface area contributed by atoms with Crippen LogP contribution in [-0.2, 0) is 29.0 Å². The van der Waals surface area contributed by atoms with Gasteiger partial charge in [-0.05, 0) is 56.0 Å². The van der Waals surface area contributed by atoms with E-state index in [9.17, 15) is 4.79 Å². The third-order valence-electron chi connectivity index (χ3n) is 5.15. The van der Waals surface area contributed by atoms with E-state index < -0.39 is 6.10 Å². The molecule has 0 saturated carbocycles. The summed E-state index contributed by atoms with van der Waals surface area (Å²) in [6, 6.07) is 17.5. The molecule has 0 aliphatic heterocycles. The van der Waals surface area contributed by atoms with Gasteiger partial charge in [0.05, 0.1) is 25.1 Å². The summed E-state index contributed by atoms with van der Waals surface area (Å²) in [7, 11) is 1.63. The molecule has 150 valence electrons. The average molecular weight is 391 g/mol. The highest BCUT2D eigenvalue weighted by Crippen LogP contribution is 2.31. The maximum Gasteiger partial charge on any atom is 0.254 e. The van der Waals surface area contributed by atoms with Gasteiger partial charge in [-0.3, -0.25) is 4.79 Å². The van der Waals surface area contributed by atoms with Crippen molar-refractivity contribution in [1.29, 1.82) is 0 Å². The lowest BCUT2D eigenvalue weighted by Crippen LogP contribution is -2.29. The number of fused-ring (bicyclic) bond motifs is 1. The van der Waals surface area contributed by atoms with Crippen LogP contribution < -0.4 is 10.1 Å². The predicted octanol–water partition coefficient (Wildman–Crippen LogP) is 3.91. The third-order valence-corrected chi connectivity index (χ3v) is 5.15. The molecule has 6 nitrogen and oxygen atoms in total. The molecule has 0 bridgehead atoms. The Morgan fingerprint density at radius 3 is 2.79 bits per heavy atom. The SMILES string of the molecule is COc1cccc(COC(C)C(=O)Nc2c3c(nn2-c2ccccc2)CCC3)c1. The lowest BCUT2D eigenvalue weighted by atomic mass is 10.2. The van der Waals surface area contributed by atoms with Gasteiger partial charge in [-0.1, -0.05) is 30.3 Å². The number of methoxy groups -OCH3 is 1. The number of hydrogen-bond acceptors (Lipinski definition) is 4. The number of aromatic nitrogens is 2. The zero-order valence-corrected chi connectivity index (χ0v) is 16.7. The Kier molecular flexibility index (Phi) is 5.62. The number of aryl methyl sites for hydroxylation is 1. The molecule has 0 radical (unpaired) electrons. The first-order valence-corrected chi connectivity index (χ1v) is 9.87. The number of rotatable bonds is 7. The minimum Gasteiger partial charge on any atom is -0.497 e. The molecule has 4 rings (SSSR count). The molecular formula is C23H25N3O3. The van der Waals surface area contributed by atoms with Gasteiger partial charge >= 0.3 is 0 Å². The van der Waals surface area contributed by atoms with Gasteiger partial charge in [0.2, 0.25) is 0 Å². The summed E-state index contributed by atoms with van der Waals surface area (Å²) in [5.41, 5.74) is 4.08. The number of amides is 1. The first-order chi connectivity index (χ1) is 14.2. The molecule has 0 fully saturated rings. The van der Waals surface area contributed by atoms with Crippen LogP contribution in [0.3, 0.4) is 0 Å². The van der Waals surface area contributed by atoms with Crippen LogP contribution in [0.4, 0.5) is 5.82 Å². The first kappa shape index (κ1) is 19.2. The van der Waals surface area contributed by atoms with Crippen LogP contribution in [-0.4, -0.2) is 28.9 Å². The standard InChI is InChI=1S/C23H25N3O3/c1-16(29-15-17-8-6-11-19(14-17)28-2)23(27)24-22-20-12-7-13-21(20)25-26(22)18-9-4-3-5-10-18/h3-6,8-11,14,16H,7,12-13,15H2,1-2H3,(H,24,27). The van der Waals surface area contributed by atoms with Gasteiger partial charge in [-0.2, -0.15) is 5.10 Å². The summed E-state index contributed by atoms with van der Waals surface area (Å²) in [5, 5.41) is 7.79. The number of carbonyl (C=O) groups is 1.